The van der Waals surface area contributed by atoms with Crippen molar-refractivity contribution in [2.45, 2.75) is 13.8 Å². The van der Waals surface area contributed by atoms with Crippen molar-refractivity contribution in [3.05, 3.63) is 30.5 Å². The molecule has 4 nitrogen and oxygen atoms in total. The summed E-state index contributed by atoms with van der Waals surface area (Å²) >= 11 is 0. The number of nitrogens with one attached hydrogen (secondary N) is 1. The maximum Gasteiger partial charge on any atom is 0.0951 e. The summed E-state index contributed by atoms with van der Waals surface area (Å²) in [6, 6.07) is 7.91. The first kappa shape index (κ1) is 13.6. The SMILES string of the molecule is CCN(CC)CCNc1ccnc2c(N)cccc12. The van der Waals surface area contributed by atoms with Crippen LogP contribution in [0.3, 0.4) is 0 Å². The van der Waals surface area contributed by atoms with E-state index in [0.717, 1.165) is 48.5 Å². The molecule has 0 spiro atoms. The van der Waals surface area contributed by atoms with E-state index in [1.807, 2.05) is 18.2 Å². The number of para-hydroxylation sites is 1. The van der Waals surface area contributed by atoms with Crippen molar-refractivity contribution < 1.29 is 0 Å². The highest BCUT2D eigenvalue weighted by atomic mass is 15.1. The summed E-state index contributed by atoms with van der Waals surface area (Å²) in [6.07, 6.45) is 1.80. The number of likely N-dealkylation sites (N-methyl/N-ethyl adjacent to an activating group) is 1. The molecule has 0 radical (unpaired) electrons. The second-order valence-electron chi connectivity index (χ2n) is 4.56. The molecule has 0 saturated heterocycles. The van der Waals surface area contributed by atoms with Gasteiger partial charge in [-0.05, 0) is 25.2 Å². The lowest BCUT2D eigenvalue weighted by molar-refractivity contribution is 0.316. The molecule has 2 aromatic rings. The molecule has 1 heterocycles. The summed E-state index contributed by atoms with van der Waals surface area (Å²) in [6.45, 7) is 8.51. The molecule has 1 aromatic carbocycles. The zero-order valence-electron chi connectivity index (χ0n) is 11.7. The molecule has 102 valence electrons. The molecule has 0 unspecified atom stereocenters. The quantitative estimate of drug-likeness (QED) is 0.782. The van der Waals surface area contributed by atoms with Gasteiger partial charge < -0.3 is 16.0 Å². The standard InChI is InChI=1S/C15H22N4/c1-3-19(4-2)11-10-17-14-8-9-18-15-12(14)6-5-7-13(15)16/h5-9H,3-4,10-11,16H2,1-2H3,(H,17,18). The maximum absolute atomic E-state index is 5.95. The fourth-order valence-electron chi connectivity index (χ4n) is 2.24. The van der Waals surface area contributed by atoms with Gasteiger partial charge in [0.25, 0.3) is 0 Å². The topological polar surface area (TPSA) is 54.2 Å². The smallest absolute Gasteiger partial charge is 0.0951 e. The number of nitrogens with zero attached hydrogens (tertiary/aromatic N) is 2. The number of nitrogens with two attached hydrogens (primary N) is 1. The number of nitrogen functional groups attached to an aromatic ring is 1. The molecule has 0 saturated carbocycles. The van der Waals surface area contributed by atoms with Crippen LogP contribution in [0, 0.1) is 0 Å². The Morgan fingerprint density at radius 2 is 2.00 bits per heavy atom. The molecule has 0 atom stereocenters. The lowest BCUT2D eigenvalue weighted by Crippen LogP contribution is -2.28. The molecule has 3 N–H and O–H groups in total. The van der Waals surface area contributed by atoms with Gasteiger partial charge in [0.2, 0.25) is 0 Å². The minimum absolute atomic E-state index is 0.727. The van der Waals surface area contributed by atoms with Crippen LogP contribution >= 0.6 is 0 Å². The van der Waals surface area contributed by atoms with Gasteiger partial charge >= 0.3 is 0 Å². The predicted octanol–water partition coefficient (Wildman–Crippen LogP) is 2.57. The monoisotopic (exact) mass is 258 g/mol. The zero-order chi connectivity index (χ0) is 13.7. The Morgan fingerprint density at radius 1 is 1.21 bits per heavy atom. The van der Waals surface area contributed by atoms with Crippen LogP contribution in [-0.4, -0.2) is 36.1 Å². The zero-order valence-corrected chi connectivity index (χ0v) is 11.7. The number of benzene rings is 1. The molecule has 0 aliphatic heterocycles. The Morgan fingerprint density at radius 3 is 2.74 bits per heavy atom. The number of hydrogen-bond donors (Lipinski definition) is 2. The molecule has 0 aliphatic carbocycles. The number of pyridine rings is 1. The number of aromatic nitrogens is 1. The molecule has 0 bridgehead atoms. The fourth-order valence-corrected chi connectivity index (χ4v) is 2.24. The Labute approximate surface area is 114 Å². The molecule has 0 fully saturated rings. The Bertz CT molecular complexity index is 535. The first-order valence-corrected chi connectivity index (χ1v) is 6.85. The van der Waals surface area contributed by atoms with Crippen molar-refractivity contribution >= 4 is 22.3 Å². The van der Waals surface area contributed by atoms with Crippen molar-refractivity contribution in [2.24, 2.45) is 0 Å². The minimum atomic E-state index is 0.727. The van der Waals surface area contributed by atoms with E-state index in [2.05, 4.69) is 35.1 Å². The van der Waals surface area contributed by atoms with Gasteiger partial charge in [-0.3, -0.25) is 4.98 Å². The second kappa shape index (κ2) is 6.38. The Hall–Kier alpha value is -1.81. The van der Waals surface area contributed by atoms with Gasteiger partial charge in [0.05, 0.1) is 11.2 Å². The number of hydrogen-bond acceptors (Lipinski definition) is 4. The van der Waals surface area contributed by atoms with Crippen molar-refractivity contribution in [3.8, 4) is 0 Å². The van der Waals surface area contributed by atoms with Gasteiger partial charge in [-0.1, -0.05) is 26.0 Å². The maximum atomic E-state index is 5.95. The van der Waals surface area contributed by atoms with Gasteiger partial charge in [-0.2, -0.15) is 0 Å². The van der Waals surface area contributed by atoms with Gasteiger partial charge in [0.15, 0.2) is 0 Å². The third-order valence-corrected chi connectivity index (χ3v) is 3.44. The Kier molecular flexibility index (Phi) is 4.58. The van der Waals surface area contributed by atoms with Crippen molar-refractivity contribution in [1.82, 2.24) is 9.88 Å². The molecular weight excluding hydrogens is 236 g/mol. The van der Waals surface area contributed by atoms with E-state index in [1.54, 1.807) is 6.20 Å². The van der Waals surface area contributed by atoms with Crippen molar-refractivity contribution in [1.29, 1.82) is 0 Å². The largest absolute Gasteiger partial charge is 0.397 e. The molecule has 0 amide bonds. The van der Waals surface area contributed by atoms with E-state index < -0.39 is 0 Å². The first-order chi connectivity index (χ1) is 9.26. The van der Waals surface area contributed by atoms with Crippen LogP contribution in [0.25, 0.3) is 10.9 Å². The highest BCUT2D eigenvalue weighted by Crippen LogP contribution is 2.25. The van der Waals surface area contributed by atoms with Gasteiger partial charge in [-0.15, -0.1) is 0 Å². The number of anilines is 2. The summed E-state index contributed by atoms with van der Waals surface area (Å²) in [5, 5.41) is 4.56. The van der Waals surface area contributed by atoms with Crippen LogP contribution in [0.4, 0.5) is 11.4 Å². The third kappa shape index (κ3) is 3.15. The van der Waals surface area contributed by atoms with Crippen LogP contribution in [-0.2, 0) is 0 Å². The normalized spacial score (nSPS) is 11.1. The fraction of sp³-hybridized carbons (Fsp3) is 0.400. The van der Waals surface area contributed by atoms with E-state index in [1.165, 1.54) is 0 Å². The second-order valence-corrected chi connectivity index (χ2v) is 4.56. The summed E-state index contributed by atoms with van der Waals surface area (Å²) in [5.74, 6) is 0. The summed E-state index contributed by atoms with van der Waals surface area (Å²) in [7, 11) is 0. The molecule has 1 aromatic heterocycles. The molecular formula is C15H22N4. The van der Waals surface area contributed by atoms with E-state index in [-0.39, 0.29) is 0 Å². The van der Waals surface area contributed by atoms with Crippen molar-refractivity contribution in [3.63, 3.8) is 0 Å². The lowest BCUT2D eigenvalue weighted by atomic mass is 10.1. The lowest BCUT2D eigenvalue weighted by Gasteiger charge is -2.19. The highest BCUT2D eigenvalue weighted by molar-refractivity contribution is 5.97. The molecule has 4 heteroatoms. The van der Waals surface area contributed by atoms with Crippen LogP contribution in [0.5, 0.6) is 0 Å². The number of fused-ring (bicyclic) bond motifs is 1. The van der Waals surface area contributed by atoms with E-state index in [9.17, 15) is 0 Å². The van der Waals surface area contributed by atoms with E-state index in [4.69, 9.17) is 5.73 Å². The minimum Gasteiger partial charge on any atom is -0.397 e. The van der Waals surface area contributed by atoms with Gasteiger partial charge in [0, 0.05) is 30.4 Å². The summed E-state index contributed by atoms with van der Waals surface area (Å²) in [4.78, 5) is 6.74. The molecule has 19 heavy (non-hydrogen) atoms. The van der Waals surface area contributed by atoms with Crippen LogP contribution < -0.4 is 11.1 Å². The average Bonchev–Trinajstić information content (AvgIpc) is 2.44. The van der Waals surface area contributed by atoms with Crippen LogP contribution in [0.2, 0.25) is 0 Å². The predicted molar refractivity (Wildman–Crippen MR) is 82.4 cm³/mol. The molecule has 0 aliphatic rings. The third-order valence-electron chi connectivity index (χ3n) is 3.44. The summed E-state index contributed by atoms with van der Waals surface area (Å²) < 4.78 is 0. The summed E-state index contributed by atoms with van der Waals surface area (Å²) in [5.41, 5.74) is 8.65. The van der Waals surface area contributed by atoms with Gasteiger partial charge in [-0.25, -0.2) is 0 Å². The van der Waals surface area contributed by atoms with Crippen LogP contribution in [0.15, 0.2) is 30.5 Å². The highest BCUT2D eigenvalue weighted by Gasteiger charge is 2.04. The first-order valence-electron chi connectivity index (χ1n) is 6.85. The van der Waals surface area contributed by atoms with Crippen LogP contribution in [0.1, 0.15) is 13.8 Å². The molecule has 2 rings (SSSR count). The Balaban J connectivity index is 2.11. The van der Waals surface area contributed by atoms with Gasteiger partial charge in [0.1, 0.15) is 0 Å². The van der Waals surface area contributed by atoms with Crippen molar-refractivity contribution in [2.75, 3.05) is 37.2 Å². The average molecular weight is 258 g/mol. The number of rotatable bonds is 6. The van der Waals surface area contributed by atoms with E-state index in [0.29, 0.717) is 0 Å². The van der Waals surface area contributed by atoms with E-state index >= 15 is 0 Å².